The summed E-state index contributed by atoms with van der Waals surface area (Å²) in [4.78, 5) is 11.5. The Balaban J connectivity index is 1.65. The minimum Gasteiger partial charge on any atom is -0.368 e. The fourth-order valence-electron chi connectivity index (χ4n) is 1.92. The second kappa shape index (κ2) is 5.80. The molecule has 17 heavy (non-hydrogen) atoms. The van der Waals surface area contributed by atoms with E-state index >= 15 is 0 Å². The zero-order chi connectivity index (χ0) is 12.1. The van der Waals surface area contributed by atoms with Gasteiger partial charge in [-0.1, -0.05) is 18.2 Å². The van der Waals surface area contributed by atoms with E-state index in [1.54, 1.807) is 0 Å². The van der Waals surface area contributed by atoms with Crippen molar-refractivity contribution in [3.05, 3.63) is 30.3 Å². The summed E-state index contributed by atoms with van der Waals surface area (Å²) in [5.74, 6) is 0.476. The number of hydrogen-bond donors (Lipinski definition) is 2. The molecule has 1 saturated carbocycles. The topological polar surface area (TPSA) is 64.3 Å². The van der Waals surface area contributed by atoms with E-state index in [-0.39, 0.29) is 18.6 Å². The van der Waals surface area contributed by atoms with E-state index in [0.29, 0.717) is 5.92 Å². The number of nitrogens with one attached hydrogen (secondary N) is 1. The van der Waals surface area contributed by atoms with Crippen molar-refractivity contribution < 1.29 is 9.53 Å². The molecule has 0 aliphatic heterocycles. The summed E-state index contributed by atoms with van der Waals surface area (Å²) in [5.41, 5.74) is 6.32. The van der Waals surface area contributed by atoms with E-state index in [9.17, 15) is 4.79 Å². The maximum atomic E-state index is 11.5. The molecule has 1 fully saturated rings. The molecular weight excluding hydrogens is 216 g/mol. The number of hydrogen-bond acceptors (Lipinski definition) is 3. The van der Waals surface area contributed by atoms with Gasteiger partial charge < -0.3 is 15.8 Å². The van der Waals surface area contributed by atoms with Gasteiger partial charge in [-0.05, 0) is 37.4 Å². The number of carbonyl (C=O) groups is 1. The zero-order valence-electron chi connectivity index (χ0n) is 9.76. The maximum Gasteiger partial charge on any atom is 0.250 e. The van der Waals surface area contributed by atoms with Gasteiger partial charge >= 0.3 is 0 Å². The summed E-state index contributed by atoms with van der Waals surface area (Å²) in [6, 6.07) is 9.38. The Morgan fingerprint density at radius 2 is 2.06 bits per heavy atom. The monoisotopic (exact) mass is 234 g/mol. The number of amides is 1. The molecule has 0 radical (unpaired) electrons. The highest BCUT2D eigenvalue weighted by molar-refractivity contribution is 5.91. The first-order valence-corrected chi connectivity index (χ1v) is 5.94. The van der Waals surface area contributed by atoms with Crippen LogP contribution < -0.4 is 11.1 Å². The third kappa shape index (κ3) is 3.54. The lowest BCUT2D eigenvalue weighted by Gasteiger charge is -2.33. The lowest BCUT2D eigenvalue weighted by molar-refractivity contribution is -0.125. The minimum absolute atomic E-state index is 0.104. The fraction of sp³-hybridized carbons (Fsp3) is 0.462. The van der Waals surface area contributed by atoms with Crippen molar-refractivity contribution in [3.63, 3.8) is 0 Å². The van der Waals surface area contributed by atoms with Crippen LogP contribution in [0, 0.1) is 5.92 Å². The van der Waals surface area contributed by atoms with Crippen molar-refractivity contribution >= 4 is 11.6 Å². The molecule has 0 aromatic heterocycles. The van der Waals surface area contributed by atoms with Gasteiger partial charge in [0.1, 0.15) is 6.61 Å². The molecule has 1 amide bonds. The van der Waals surface area contributed by atoms with Crippen LogP contribution in [0.4, 0.5) is 5.69 Å². The van der Waals surface area contributed by atoms with E-state index in [1.165, 1.54) is 0 Å². The molecule has 0 saturated heterocycles. The van der Waals surface area contributed by atoms with Crippen LogP contribution in [-0.2, 0) is 9.53 Å². The lowest BCUT2D eigenvalue weighted by atomic mass is 9.82. The molecule has 0 atom stereocenters. The highest BCUT2D eigenvalue weighted by atomic mass is 16.5. The molecule has 1 aromatic carbocycles. The van der Waals surface area contributed by atoms with Gasteiger partial charge in [-0.2, -0.15) is 0 Å². The normalized spacial score (nSPS) is 22.9. The van der Waals surface area contributed by atoms with E-state index in [4.69, 9.17) is 10.5 Å². The predicted octanol–water partition coefficient (Wildman–Crippen LogP) is 1.38. The first-order chi connectivity index (χ1) is 8.28. The molecule has 4 nitrogen and oxygen atoms in total. The van der Waals surface area contributed by atoms with Crippen molar-refractivity contribution in [2.45, 2.75) is 18.9 Å². The first kappa shape index (κ1) is 12.1. The SMILES string of the molecule is NCC1CC(OCC(=O)Nc2ccccc2)C1. The van der Waals surface area contributed by atoms with Gasteiger partial charge in [0.15, 0.2) is 0 Å². The first-order valence-electron chi connectivity index (χ1n) is 5.94. The van der Waals surface area contributed by atoms with Gasteiger partial charge in [0.25, 0.3) is 0 Å². The van der Waals surface area contributed by atoms with Gasteiger partial charge in [-0.3, -0.25) is 4.79 Å². The van der Waals surface area contributed by atoms with Crippen LogP contribution in [0.15, 0.2) is 30.3 Å². The molecule has 1 aliphatic rings. The van der Waals surface area contributed by atoms with Crippen LogP contribution in [0.1, 0.15) is 12.8 Å². The van der Waals surface area contributed by atoms with Gasteiger partial charge in [0.2, 0.25) is 5.91 Å². The number of carbonyl (C=O) groups excluding carboxylic acids is 1. The van der Waals surface area contributed by atoms with Gasteiger partial charge in [0, 0.05) is 5.69 Å². The van der Waals surface area contributed by atoms with Gasteiger partial charge in [0.05, 0.1) is 6.10 Å². The summed E-state index contributed by atoms with van der Waals surface area (Å²) < 4.78 is 5.48. The number of anilines is 1. The quantitative estimate of drug-likeness (QED) is 0.809. The largest absolute Gasteiger partial charge is 0.368 e. The number of ether oxygens (including phenoxy) is 1. The van der Waals surface area contributed by atoms with Crippen LogP contribution >= 0.6 is 0 Å². The molecule has 0 spiro atoms. The Bertz CT molecular complexity index is 361. The zero-order valence-corrected chi connectivity index (χ0v) is 9.76. The van der Waals surface area contributed by atoms with E-state index in [1.807, 2.05) is 30.3 Å². The summed E-state index contributed by atoms with van der Waals surface area (Å²) >= 11 is 0. The smallest absolute Gasteiger partial charge is 0.250 e. The third-order valence-electron chi connectivity index (χ3n) is 3.03. The third-order valence-corrected chi connectivity index (χ3v) is 3.03. The fourth-order valence-corrected chi connectivity index (χ4v) is 1.92. The Labute approximate surface area is 101 Å². The number of para-hydroxylation sites is 1. The number of rotatable bonds is 5. The average molecular weight is 234 g/mol. The minimum atomic E-state index is -0.104. The molecule has 0 bridgehead atoms. The Morgan fingerprint density at radius 3 is 2.71 bits per heavy atom. The van der Waals surface area contributed by atoms with Crippen LogP contribution in [0.2, 0.25) is 0 Å². The maximum absolute atomic E-state index is 11.5. The van der Waals surface area contributed by atoms with E-state index in [0.717, 1.165) is 25.1 Å². The van der Waals surface area contributed by atoms with Crippen molar-refractivity contribution in [2.75, 3.05) is 18.5 Å². The predicted molar refractivity (Wildman–Crippen MR) is 66.6 cm³/mol. The van der Waals surface area contributed by atoms with E-state index < -0.39 is 0 Å². The highest BCUT2D eigenvalue weighted by Gasteiger charge is 2.28. The van der Waals surface area contributed by atoms with Crippen molar-refractivity contribution in [1.29, 1.82) is 0 Å². The Hall–Kier alpha value is -1.39. The average Bonchev–Trinajstić information content (AvgIpc) is 2.28. The van der Waals surface area contributed by atoms with Crippen LogP contribution in [0.5, 0.6) is 0 Å². The molecular formula is C13H18N2O2. The molecule has 0 heterocycles. The van der Waals surface area contributed by atoms with Gasteiger partial charge in [-0.25, -0.2) is 0 Å². The number of benzene rings is 1. The second-order valence-electron chi connectivity index (χ2n) is 4.42. The summed E-state index contributed by atoms with van der Waals surface area (Å²) in [6.45, 7) is 0.840. The van der Waals surface area contributed by atoms with Gasteiger partial charge in [-0.15, -0.1) is 0 Å². The molecule has 0 unspecified atom stereocenters. The van der Waals surface area contributed by atoms with Crippen molar-refractivity contribution in [3.8, 4) is 0 Å². The molecule has 1 aliphatic carbocycles. The molecule has 92 valence electrons. The summed E-state index contributed by atoms with van der Waals surface area (Å²) in [5, 5.41) is 2.78. The Kier molecular flexibility index (Phi) is 4.12. The van der Waals surface area contributed by atoms with Crippen LogP contribution in [0.25, 0.3) is 0 Å². The Morgan fingerprint density at radius 1 is 1.35 bits per heavy atom. The lowest BCUT2D eigenvalue weighted by Crippen LogP contribution is -2.37. The molecule has 1 aromatic rings. The van der Waals surface area contributed by atoms with Crippen molar-refractivity contribution in [2.24, 2.45) is 11.7 Å². The second-order valence-corrected chi connectivity index (χ2v) is 4.42. The number of nitrogens with two attached hydrogens (primary N) is 1. The van der Waals surface area contributed by atoms with Crippen molar-refractivity contribution in [1.82, 2.24) is 0 Å². The van der Waals surface area contributed by atoms with Crippen LogP contribution in [0.3, 0.4) is 0 Å². The van der Waals surface area contributed by atoms with E-state index in [2.05, 4.69) is 5.32 Å². The standard InChI is InChI=1S/C13H18N2O2/c14-8-10-6-12(7-10)17-9-13(16)15-11-4-2-1-3-5-11/h1-5,10,12H,6-9,14H2,(H,15,16). The van der Waals surface area contributed by atoms with Crippen LogP contribution in [-0.4, -0.2) is 25.2 Å². The highest BCUT2D eigenvalue weighted by Crippen LogP contribution is 2.28. The molecule has 4 heteroatoms. The summed E-state index contributed by atoms with van der Waals surface area (Å²) in [7, 11) is 0. The molecule has 3 N–H and O–H groups in total. The molecule has 2 rings (SSSR count). The summed E-state index contributed by atoms with van der Waals surface area (Å²) in [6.07, 6.45) is 2.18.